The molecule has 94 valence electrons. The first kappa shape index (κ1) is 13.3. The fourth-order valence-corrected chi connectivity index (χ4v) is 1.31. The van der Waals surface area contributed by atoms with Crippen LogP contribution in [0.1, 0.15) is 12.0 Å². The van der Waals surface area contributed by atoms with Gasteiger partial charge in [0, 0.05) is 18.7 Å². The van der Waals surface area contributed by atoms with Gasteiger partial charge in [-0.25, -0.2) is 0 Å². The minimum atomic E-state index is -0.0896. The number of carbonyl (C=O) groups is 1. The van der Waals surface area contributed by atoms with Crippen LogP contribution in [-0.2, 0) is 4.79 Å². The molecule has 4 N–H and O–H groups in total. The Labute approximate surface area is 101 Å². The first-order valence-electron chi connectivity index (χ1n) is 5.53. The lowest BCUT2D eigenvalue weighted by molar-refractivity contribution is -0.121. The molecule has 0 aliphatic carbocycles. The predicted octanol–water partition coefficient (Wildman–Crippen LogP) is 0.544. The number of hydrogen-bond donors (Lipinski definition) is 3. The Balaban J connectivity index is 2.36. The minimum Gasteiger partial charge on any atom is -0.508 e. The molecule has 0 unspecified atom stereocenters. The monoisotopic (exact) mass is 238 g/mol. The molecule has 0 bridgehead atoms. The van der Waals surface area contributed by atoms with Crippen LogP contribution in [0.25, 0.3) is 0 Å². The van der Waals surface area contributed by atoms with Crippen molar-refractivity contribution in [2.75, 3.05) is 19.7 Å². The van der Waals surface area contributed by atoms with Gasteiger partial charge in [0.15, 0.2) is 0 Å². The summed E-state index contributed by atoms with van der Waals surface area (Å²) in [5.41, 5.74) is 5.94. The van der Waals surface area contributed by atoms with Gasteiger partial charge in [0.1, 0.15) is 11.5 Å². The summed E-state index contributed by atoms with van der Waals surface area (Å²) in [5.74, 6) is 0.694. The fraction of sp³-hybridized carbons (Fsp3) is 0.417. The smallest absolute Gasteiger partial charge is 0.223 e. The van der Waals surface area contributed by atoms with Crippen molar-refractivity contribution < 1.29 is 14.6 Å². The number of aromatic hydroxyl groups is 1. The summed E-state index contributed by atoms with van der Waals surface area (Å²) in [6, 6.07) is 5.05. The molecular weight excluding hydrogens is 220 g/mol. The summed E-state index contributed by atoms with van der Waals surface area (Å²) < 4.78 is 5.42. The SMILES string of the molecule is Cc1c(O)cccc1OCCC(=O)NCCN. The highest BCUT2D eigenvalue weighted by Gasteiger charge is 2.05. The van der Waals surface area contributed by atoms with E-state index in [1.54, 1.807) is 25.1 Å². The summed E-state index contributed by atoms with van der Waals surface area (Å²) in [7, 11) is 0. The van der Waals surface area contributed by atoms with Crippen molar-refractivity contribution in [2.45, 2.75) is 13.3 Å². The van der Waals surface area contributed by atoms with Crippen molar-refractivity contribution in [2.24, 2.45) is 5.73 Å². The summed E-state index contributed by atoms with van der Waals surface area (Å²) >= 11 is 0. The molecule has 0 atom stereocenters. The first-order chi connectivity index (χ1) is 8.15. The molecule has 17 heavy (non-hydrogen) atoms. The van der Waals surface area contributed by atoms with E-state index in [9.17, 15) is 9.90 Å². The number of benzene rings is 1. The van der Waals surface area contributed by atoms with Crippen LogP contribution in [0.3, 0.4) is 0 Å². The normalized spacial score (nSPS) is 10.0. The van der Waals surface area contributed by atoms with Crippen LogP contribution in [0, 0.1) is 6.92 Å². The molecule has 0 spiro atoms. The summed E-state index contributed by atoms with van der Waals surface area (Å²) in [6.45, 7) is 2.95. The van der Waals surface area contributed by atoms with E-state index in [2.05, 4.69) is 5.32 Å². The number of hydrogen-bond acceptors (Lipinski definition) is 4. The number of nitrogens with one attached hydrogen (secondary N) is 1. The quantitative estimate of drug-likeness (QED) is 0.675. The van der Waals surface area contributed by atoms with E-state index < -0.39 is 0 Å². The Hall–Kier alpha value is -1.75. The maximum absolute atomic E-state index is 11.2. The van der Waals surface area contributed by atoms with Crippen LogP contribution in [0.15, 0.2) is 18.2 Å². The van der Waals surface area contributed by atoms with Gasteiger partial charge in [0.25, 0.3) is 0 Å². The summed E-state index contributed by atoms with van der Waals surface area (Å²) in [4.78, 5) is 11.2. The number of phenolic OH excluding ortho intramolecular Hbond substituents is 1. The van der Waals surface area contributed by atoms with E-state index in [-0.39, 0.29) is 24.7 Å². The highest BCUT2D eigenvalue weighted by Crippen LogP contribution is 2.25. The van der Waals surface area contributed by atoms with Crippen molar-refractivity contribution in [3.63, 3.8) is 0 Å². The fourth-order valence-electron chi connectivity index (χ4n) is 1.31. The van der Waals surface area contributed by atoms with Crippen molar-refractivity contribution >= 4 is 5.91 Å². The highest BCUT2D eigenvalue weighted by molar-refractivity contribution is 5.75. The molecule has 1 aromatic carbocycles. The van der Waals surface area contributed by atoms with E-state index in [4.69, 9.17) is 10.5 Å². The van der Waals surface area contributed by atoms with Crippen LogP contribution in [-0.4, -0.2) is 30.7 Å². The van der Waals surface area contributed by atoms with E-state index in [1.165, 1.54) is 0 Å². The lowest BCUT2D eigenvalue weighted by Crippen LogP contribution is -2.29. The molecule has 0 aliphatic heterocycles. The van der Waals surface area contributed by atoms with Crippen LogP contribution in [0.4, 0.5) is 0 Å². The van der Waals surface area contributed by atoms with Crippen molar-refractivity contribution in [1.82, 2.24) is 5.32 Å². The van der Waals surface area contributed by atoms with Crippen molar-refractivity contribution in [1.29, 1.82) is 0 Å². The minimum absolute atomic E-state index is 0.0896. The molecule has 5 heteroatoms. The Morgan fingerprint density at radius 2 is 2.29 bits per heavy atom. The Kier molecular flexibility index (Phi) is 5.29. The molecule has 0 saturated heterocycles. The molecular formula is C12H18N2O3. The van der Waals surface area contributed by atoms with E-state index >= 15 is 0 Å². The zero-order valence-corrected chi connectivity index (χ0v) is 9.90. The van der Waals surface area contributed by atoms with Crippen LogP contribution >= 0.6 is 0 Å². The summed E-state index contributed by atoms with van der Waals surface area (Å²) in [6.07, 6.45) is 0.273. The molecule has 1 amide bonds. The van der Waals surface area contributed by atoms with Gasteiger partial charge in [-0.1, -0.05) is 6.07 Å². The average Bonchev–Trinajstić information content (AvgIpc) is 2.32. The second kappa shape index (κ2) is 6.75. The number of nitrogens with two attached hydrogens (primary N) is 1. The van der Waals surface area contributed by atoms with Gasteiger partial charge in [-0.3, -0.25) is 4.79 Å². The van der Waals surface area contributed by atoms with Crippen LogP contribution < -0.4 is 15.8 Å². The van der Waals surface area contributed by atoms with Gasteiger partial charge < -0.3 is 20.9 Å². The molecule has 5 nitrogen and oxygen atoms in total. The third-order valence-corrected chi connectivity index (χ3v) is 2.31. The van der Waals surface area contributed by atoms with Gasteiger partial charge in [0.05, 0.1) is 13.0 Å². The number of rotatable bonds is 6. The highest BCUT2D eigenvalue weighted by atomic mass is 16.5. The molecule has 0 heterocycles. The molecule has 0 aliphatic rings. The second-order valence-corrected chi connectivity index (χ2v) is 3.64. The third kappa shape index (κ3) is 4.32. The largest absolute Gasteiger partial charge is 0.508 e. The molecule has 0 fully saturated rings. The number of carbonyl (C=O) groups excluding carboxylic acids is 1. The van der Waals surface area contributed by atoms with Gasteiger partial charge in [-0.05, 0) is 19.1 Å². The van der Waals surface area contributed by atoms with Crippen molar-refractivity contribution in [3.8, 4) is 11.5 Å². The lowest BCUT2D eigenvalue weighted by Gasteiger charge is -2.09. The molecule has 1 rings (SSSR count). The zero-order chi connectivity index (χ0) is 12.7. The molecule has 1 aromatic rings. The Bertz CT molecular complexity index is 380. The van der Waals surface area contributed by atoms with Crippen molar-refractivity contribution in [3.05, 3.63) is 23.8 Å². The number of amides is 1. The topological polar surface area (TPSA) is 84.6 Å². The maximum atomic E-state index is 11.2. The molecule has 0 saturated carbocycles. The average molecular weight is 238 g/mol. The molecule has 0 aromatic heterocycles. The Morgan fingerprint density at radius 3 is 3.00 bits per heavy atom. The second-order valence-electron chi connectivity index (χ2n) is 3.64. The maximum Gasteiger partial charge on any atom is 0.223 e. The molecule has 0 radical (unpaired) electrons. The first-order valence-corrected chi connectivity index (χ1v) is 5.53. The van der Waals surface area contributed by atoms with Gasteiger partial charge in [-0.15, -0.1) is 0 Å². The van der Waals surface area contributed by atoms with Crippen LogP contribution in [0.2, 0.25) is 0 Å². The van der Waals surface area contributed by atoms with E-state index in [0.29, 0.717) is 24.4 Å². The third-order valence-electron chi connectivity index (χ3n) is 2.31. The number of ether oxygens (including phenoxy) is 1. The number of phenols is 1. The lowest BCUT2D eigenvalue weighted by atomic mass is 10.2. The van der Waals surface area contributed by atoms with E-state index in [1.807, 2.05) is 0 Å². The van der Waals surface area contributed by atoms with Gasteiger partial charge in [0.2, 0.25) is 5.91 Å². The standard InChI is InChI=1S/C12H18N2O3/c1-9-10(15)3-2-4-11(9)17-8-5-12(16)14-7-6-13/h2-4,15H,5-8,13H2,1H3,(H,14,16). The van der Waals surface area contributed by atoms with Gasteiger partial charge in [-0.2, -0.15) is 0 Å². The Morgan fingerprint density at radius 1 is 1.53 bits per heavy atom. The van der Waals surface area contributed by atoms with Gasteiger partial charge >= 0.3 is 0 Å². The zero-order valence-electron chi connectivity index (χ0n) is 9.90. The summed E-state index contributed by atoms with van der Waals surface area (Å²) in [5, 5.41) is 12.1. The predicted molar refractivity (Wildman–Crippen MR) is 65.0 cm³/mol. The van der Waals surface area contributed by atoms with E-state index in [0.717, 1.165) is 0 Å². The van der Waals surface area contributed by atoms with Crippen LogP contribution in [0.5, 0.6) is 11.5 Å².